The fourth-order valence-corrected chi connectivity index (χ4v) is 1.54. The molecule has 0 spiro atoms. The lowest BCUT2D eigenvalue weighted by Gasteiger charge is -2.32. The van der Waals surface area contributed by atoms with E-state index in [4.69, 9.17) is 9.90 Å². The van der Waals surface area contributed by atoms with E-state index in [1.807, 2.05) is 6.08 Å². The Labute approximate surface area is 103 Å². The fourth-order valence-electron chi connectivity index (χ4n) is 1.54. The maximum absolute atomic E-state index is 10.6. The van der Waals surface area contributed by atoms with Gasteiger partial charge in [-0.15, -0.1) is 6.58 Å². The van der Waals surface area contributed by atoms with Crippen molar-refractivity contribution in [2.45, 2.75) is 37.5 Å². The third kappa shape index (κ3) is 7.29. The Hall–Kier alpha value is -1.08. The van der Waals surface area contributed by atoms with Gasteiger partial charge in [-0.1, -0.05) is 6.08 Å². The first-order valence-electron chi connectivity index (χ1n) is 5.55. The summed E-state index contributed by atoms with van der Waals surface area (Å²) in [7, 11) is 0. The van der Waals surface area contributed by atoms with Gasteiger partial charge in [-0.25, -0.2) is 4.79 Å². The number of rotatable bonds is 3. The smallest absolute Gasteiger partial charge is 0.475 e. The molecule has 0 radical (unpaired) electrons. The van der Waals surface area contributed by atoms with Crippen molar-refractivity contribution in [1.29, 1.82) is 0 Å². The van der Waals surface area contributed by atoms with Crippen molar-refractivity contribution in [1.82, 2.24) is 5.32 Å². The summed E-state index contributed by atoms with van der Waals surface area (Å²) in [5.41, 5.74) is -0.452. The van der Waals surface area contributed by atoms with Gasteiger partial charge in [0, 0.05) is 6.54 Å². The van der Waals surface area contributed by atoms with Gasteiger partial charge in [0.05, 0.1) is 5.60 Å². The van der Waals surface area contributed by atoms with Crippen LogP contribution in [-0.2, 0) is 4.79 Å². The molecule has 3 N–H and O–H groups in total. The van der Waals surface area contributed by atoms with Crippen LogP contribution in [-0.4, -0.2) is 41.0 Å². The summed E-state index contributed by atoms with van der Waals surface area (Å²) >= 11 is 0. The molecule has 1 fully saturated rings. The molecule has 1 rings (SSSR count). The maximum atomic E-state index is 10.6. The molecule has 0 aromatic rings. The molecular formula is C11H18F3NO3. The van der Waals surface area contributed by atoms with Gasteiger partial charge in [-0.2, -0.15) is 13.2 Å². The third-order valence-electron chi connectivity index (χ3n) is 2.51. The SMILES string of the molecule is C=CCCC1(O)CCCNC1.O=C(O)C(F)(F)F. The topological polar surface area (TPSA) is 69.6 Å². The number of hydrogen-bond acceptors (Lipinski definition) is 3. The number of β-amino-alcohol motifs (C(OH)–C–C–N with tert-alkyl or cyclic N) is 1. The Morgan fingerprint density at radius 2 is 2.06 bits per heavy atom. The molecule has 1 aliphatic heterocycles. The fraction of sp³-hybridized carbons (Fsp3) is 0.727. The Morgan fingerprint density at radius 3 is 2.39 bits per heavy atom. The number of allylic oxidation sites excluding steroid dienone is 1. The van der Waals surface area contributed by atoms with Crippen LogP contribution in [0.2, 0.25) is 0 Å². The summed E-state index contributed by atoms with van der Waals surface area (Å²) < 4.78 is 31.7. The van der Waals surface area contributed by atoms with Gasteiger partial charge in [-0.3, -0.25) is 0 Å². The van der Waals surface area contributed by atoms with Gasteiger partial charge in [0.1, 0.15) is 0 Å². The van der Waals surface area contributed by atoms with Crippen LogP contribution in [0.3, 0.4) is 0 Å². The molecule has 0 aromatic carbocycles. The third-order valence-corrected chi connectivity index (χ3v) is 2.51. The molecule has 0 amide bonds. The maximum Gasteiger partial charge on any atom is 0.490 e. The molecular weight excluding hydrogens is 251 g/mol. The molecule has 7 heteroatoms. The van der Waals surface area contributed by atoms with Crippen LogP contribution in [0.5, 0.6) is 0 Å². The predicted molar refractivity (Wildman–Crippen MR) is 60.2 cm³/mol. The quantitative estimate of drug-likeness (QED) is 0.682. The van der Waals surface area contributed by atoms with Crippen LogP contribution in [0.1, 0.15) is 25.7 Å². The van der Waals surface area contributed by atoms with E-state index in [1.54, 1.807) is 0 Å². The van der Waals surface area contributed by atoms with Crippen molar-refractivity contribution in [3.8, 4) is 0 Å². The van der Waals surface area contributed by atoms with Crippen LogP contribution in [0.4, 0.5) is 13.2 Å². The number of carboxylic acids is 1. The zero-order valence-electron chi connectivity index (χ0n) is 9.96. The molecule has 1 unspecified atom stereocenters. The minimum atomic E-state index is -5.08. The predicted octanol–water partition coefficient (Wildman–Crippen LogP) is 1.70. The minimum absolute atomic E-state index is 0.452. The lowest BCUT2D eigenvalue weighted by atomic mass is 9.89. The summed E-state index contributed by atoms with van der Waals surface area (Å²) in [6.45, 7) is 5.45. The van der Waals surface area contributed by atoms with Crippen LogP contribution in [0.25, 0.3) is 0 Å². The molecule has 4 nitrogen and oxygen atoms in total. The van der Waals surface area contributed by atoms with E-state index in [-0.39, 0.29) is 0 Å². The lowest BCUT2D eigenvalue weighted by molar-refractivity contribution is -0.192. The van der Waals surface area contributed by atoms with Gasteiger partial charge < -0.3 is 15.5 Å². The van der Waals surface area contributed by atoms with E-state index in [0.717, 1.165) is 38.8 Å². The molecule has 0 aromatic heterocycles. The Bertz CT molecular complexity index is 273. The molecule has 106 valence electrons. The van der Waals surface area contributed by atoms with Gasteiger partial charge in [0.15, 0.2) is 0 Å². The van der Waals surface area contributed by atoms with Gasteiger partial charge >= 0.3 is 12.1 Å². The van der Waals surface area contributed by atoms with Crippen molar-refractivity contribution in [2.75, 3.05) is 13.1 Å². The minimum Gasteiger partial charge on any atom is -0.475 e. The molecule has 1 heterocycles. The first-order chi connectivity index (χ1) is 8.21. The number of nitrogens with one attached hydrogen (secondary N) is 1. The average Bonchev–Trinajstić information content (AvgIpc) is 2.27. The van der Waals surface area contributed by atoms with E-state index in [1.165, 1.54) is 0 Å². The molecule has 0 bridgehead atoms. The monoisotopic (exact) mass is 269 g/mol. The summed E-state index contributed by atoms with van der Waals surface area (Å²) in [5.74, 6) is -2.76. The number of alkyl halides is 3. The summed E-state index contributed by atoms with van der Waals surface area (Å²) in [5, 5.41) is 20.2. The standard InChI is InChI=1S/C9H17NO.C2HF3O2/c1-2-3-5-9(11)6-4-7-10-8-9;3-2(4,5)1(6)7/h2,10-11H,1,3-8H2;(H,6,7). The van der Waals surface area contributed by atoms with Gasteiger partial charge in [0.2, 0.25) is 0 Å². The lowest BCUT2D eigenvalue weighted by Crippen LogP contribution is -2.45. The molecule has 18 heavy (non-hydrogen) atoms. The summed E-state index contributed by atoms with van der Waals surface area (Å²) in [4.78, 5) is 8.90. The second-order valence-electron chi connectivity index (χ2n) is 4.13. The second kappa shape index (κ2) is 7.38. The highest BCUT2D eigenvalue weighted by atomic mass is 19.4. The van der Waals surface area contributed by atoms with E-state index < -0.39 is 17.7 Å². The summed E-state index contributed by atoms with van der Waals surface area (Å²) in [6.07, 6.45) is 0.579. The van der Waals surface area contributed by atoms with Crippen LogP contribution >= 0.6 is 0 Å². The zero-order valence-corrected chi connectivity index (χ0v) is 9.96. The van der Waals surface area contributed by atoms with Crippen LogP contribution in [0.15, 0.2) is 12.7 Å². The number of piperidine rings is 1. The Morgan fingerprint density at radius 1 is 1.50 bits per heavy atom. The van der Waals surface area contributed by atoms with Crippen molar-refractivity contribution >= 4 is 5.97 Å². The van der Waals surface area contributed by atoms with Gasteiger partial charge in [0.25, 0.3) is 0 Å². The van der Waals surface area contributed by atoms with Crippen molar-refractivity contribution in [3.63, 3.8) is 0 Å². The van der Waals surface area contributed by atoms with Crippen molar-refractivity contribution in [3.05, 3.63) is 12.7 Å². The van der Waals surface area contributed by atoms with E-state index >= 15 is 0 Å². The molecule has 0 aliphatic carbocycles. The van der Waals surface area contributed by atoms with Crippen LogP contribution in [0, 0.1) is 0 Å². The summed E-state index contributed by atoms with van der Waals surface area (Å²) in [6, 6.07) is 0. The molecule has 1 aliphatic rings. The molecule has 1 saturated heterocycles. The highest BCUT2D eigenvalue weighted by molar-refractivity contribution is 5.73. The Balaban J connectivity index is 0.000000360. The first-order valence-corrected chi connectivity index (χ1v) is 5.55. The highest BCUT2D eigenvalue weighted by Crippen LogP contribution is 2.21. The van der Waals surface area contributed by atoms with Crippen molar-refractivity contribution < 1.29 is 28.2 Å². The van der Waals surface area contributed by atoms with E-state index in [2.05, 4.69) is 11.9 Å². The largest absolute Gasteiger partial charge is 0.490 e. The number of aliphatic carboxylic acids is 1. The zero-order chi connectivity index (χ0) is 14.2. The van der Waals surface area contributed by atoms with Crippen molar-refractivity contribution in [2.24, 2.45) is 0 Å². The highest BCUT2D eigenvalue weighted by Gasteiger charge is 2.38. The van der Waals surface area contributed by atoms with E-state index in [9.17, 15) is 18.3 Å². The number of carboxylic acid groups (broad SMARTS) is 1. The first kappa shape index (κ1) is 16.9. The molecule has 1 atom stereocenters. The normalized spacial score (nSPS) is 23.8. The van der Waals surface area contributed by atoms with E-state index in [0.29, 0.717) is 0 Å². The number of hydrogen-bond donors (Lipinski definition) is 3. The number of aliphatic hydroxyl groups is 1. The Kier molecular flexibility index (Phi) is 6.93. The average molecular weight is 269 g/mol. The van der Waals surface area contributed by atoms with Crippen LogP contribution < -0.4 is 5.32 Å². The number of carbonyl (C=O) groups is 1. The molecule has 0 saturated carbocycles. The second-order valence-corrected chi connectivity index (χ2v) is 4.13. The number of halogens is 3. The van der Waals surface area contributed by atoms with Gasteiger partial charge in [-0.05, 0) is 32.2 Å².